The fraction of sp³-hybridized carbons (Fsp3) is 0.250. The Balaban J connectivity index is 1.74. The van der Waals surface area contributed by atoms with Gasteiger partial charge in [0.05, 0.1) is 34.3 Å². The van der Waals surface area contributed by atoms with Gasteiger partial charge >= 0.3 is 12.1 Å². The summed E-state index contributed by atoms with van der Waals surface area (Å²) >= 11 is 1.16. The molecule has 0 saturated carbocycles. The fourth-order valence-electron chi connectivity index (χ4n) is 4.61. The molecule has 230 valence electrons. The van der Waals surface area contributed by atoms with Crippen molar-refractivity contribution in [3.8, 4) is 10.4 Å². The van der Waals surface area contributed by atoms with Crippen molar-refractivity contribution < 1.29 is 32.8 Å². The first-order chi connectivity index (χ1) is 21.1. The minimum absolute atomic E-state index is 0.0440. The number of nitro groups is 1. The number of halogens is 2. The van der Waals surface area contributed by atoms with Crippen molar-refractivity contribution >= 4 is 34.8 Å². The first-order valence-corrected chi connectivity index (χ1v) is 14.6. The van der Waals surface area contributed by atoms with Gasteiger partial charge in [0.1, 0.15) is 17.7 Å². The summed E-state index contributed by atoms with van der Waals surface area (Å²) in [7, 11) is 1.79. The maximum Gasteiger partial charge on any atom is 0.415 e. The number of carbonyl (C=O) groups is 2. The van der Waals surface area contributed by atoms with E-state index in [1.807, 2.05) is 35.2 Å². The van der Waals surface area contributed by atoms with Gasteiger partial charge in [-0.15, -0.1) is 11.3 Å². The SMILES string of the molecule is CCOC(=O)c1csc(-c2ccc([N+](=O)[O-])cc2)c1N(CN(C)Cc1ccccc1)C(=O)OC(C)Cc1c(F)cccc1F. The number of ether oxygens (including phenoxy) is 2. The molecule has 12 heteroatoms. The number of amides is 1. The molecule has 0 aliphatic heterocycles. The zero-order chi connectivity index (χ0) is 31.8. The quantitative estimate of drug-likeness (QED) is 0.0699. The van der Waals surface area contributed by atoms with Gasteiger partial charge in [0.15, 0.2) is 0 Å². The van der Waals surface area contributed by atoms with Crippen LogP contribution in [0.25, 0.3) is 10.4 Å². The smallest absolute Gasteiger partial charge is 0.415 e. The van der Waals surface area contributed by atoms with Gasteiger partial charge in [0.2, 0.25) is 0 Å². The molecular formula is C32H31F2N3O6S. The number of non-ortho nitro benzene ring substituents is 1. The van der Waals surface area contributed by atoms with E-state index in [1.54, 1.807) is 19.4 Å². The predicted molar refractivity (Wildman–Crippen MR) is 164 cm³/mol. The molecule has 0 aliphatic rings. The zero-order valence-corrected chi connectivity index (χ0v) is 25.2. The molecular weight excluding hydrogens is 592 g/mol. The van der Waals surface area contributed by atoms with Gasteiger partial charge in [-0.2, -0.15) is 0 Å². The minimum Gasteiger partial charge on any atom is -0.462 e. The summed E-state index contributed by atoms with van der Waals surface area (Å²) in [4.78, 5) is 41.3. The summed E-state index contributed by atoms with van der Waals surface area (Å²) in [6.07, 6.45) is -2.02. The molecule has 4 aromatic rings. The van der Waals surface area contributed by atoms with Gasteiger partial charge in [-0.05, 0) is 56.3 Å². The molecule has 1 aromatic heterocycles. The maximum absolute atomic E-state index is 14.4. The Kier molecular flexibility index (Phi) is 10.7. The summed E-state index contributed by atoms with van der Waals surface area (Å²) in [5.41, 5.74) is 1.45. The van der Waals surface area contributed by atoms with E-state index >= 15 is 0 Å². The van der Waals surface area contributed by atoms with Crippen molar-refractivity contribution in [3.05, 3.63) is 117 Å². The Morgan fingerprint density at radius 2 is 1.66 bits per heavy atom. The van der Waals surface area contributed by atoms with Crippen LogP contribution in [0.1, 0.15) is 35.3 Å². The van der Waals surface area contributed by atoms with Crippen LogP contribution >= 0.6 is 11.3 Å². The molecule has 0 bridgehead atoms. The van der Waals surface area contributed by atoms with Crippen LogP contribution in [0.5, 0.6) is 0 Å². The van der Waals surface area contributed by atoms with Crippen LogP contribution in [0.3, 0.4) is 0 Å². The van der Waals surface area contributed by atoms with Crippen molar-refractivity contribution in [2.24, 2.45) is 0 Å². The van der Waals surface area contributed by atoms with Crippen LogP contribution in [0.2, 0.25) is 0 Å². The van der Waals surface area contributed by atoms with E-state index in [0.29, 0.717) is 17.0 Å². The largest absolute Gasteiger partial charge is 0.462 e. The first-order valence-electron chi connectivity index (χ1n) is 13.8. The van der Waals surface area contributed by atoms with Crippen molar-refractivity contribution in [1.29, 1.82) is 0 Å². The van der Waals surface area contributed by atoms with E-state index in [9.17, 15) is 28.5 Å². The lowest BCUT2D eigenvalue weighted by Gasteiger charge is -2.30. The van der Waals surface area contributed by atoms with Crippen molar-refractivity contribution in [2.75, 3.05) is 25.2 Å². The highest BCUT2D eigenvalue weighted by atomic mass is 32.1. The number of hydrogen-bond acceptors (Lipinski definition) is 8. The molecule has 0 saturated heterocycles. The van der Waals surface area contributed by atoms with Crippen molar-refractivity contribution in [3.63, 3.8) is 0 Å². The second-order valence-electron chi connectivity index (χ2n) is 10.0. The number of benzene rings is 3. The average Bonchev–Trinajstić information content (AvgIpc) is 3.43. The van der Waals surface area contributed by atoms with E-state index in [0.717, 1.165) is 29.0 Å². The second-order valence-corrected chi connectivity index (χ2v) is 10.9. The molecule has 0 radical (unpaired) electrons. The van der Waals surface area contributed by atoms with E-state index in [-0.39, 0.29) is 42.2 Å². The van der Waals surface area contributed by atoms with Gasteiger partial charge in [0.25, 0.3) is 5.69 Å². The lowest BCUT2D eigenvalue weighted by atomic mass is 10.1. The first kappa shape index (κ1) is 32.2. The van der Waals surface area contributed by atoms with Gasteiger partial charge in [-0.3, -0.25) is 19.9 Å². The highest BCUT2D eigenvalue weighted by Gasteiger charge is 2.31. The monoisotopic (exact) mass is 623 g/mol. The lowest BCUT2D eigenvalue weighted by Crippen LogP contribution is -2.42. The van der Waals surface area contributed by atoms with Crippen LogP contribution in [0.15, 0.2) is 78.2 Å². The molecule has 1 heterocycles. The Morgan fingerprint density at radius 1 is 1.00 bits per heavy atom. The number of anilines is 1. The molecule has 1 unspecified atom stereocenters. The van der Waals surface area contributed by atoms with E-state index in [1.165, 1.54) is 42.2 Å². The molecule has 0 fully saturated rings. The summed E-state index contributed by atoms with van der Waals surface area (Å²) in [6.45, 7) is 3.66. The number of nitrogens with zero attached hydrogens (tertiary/aromatic N) is 3. The third-order valence-electron chi connectivity index (χ3n) is 6.62. The van der Waals surface area contributed by atoms with Crippen LogP contribution in [0.4, 0.5) is 25.0 Å². The van der Waals surface area contributed by atoms with Crippen LogP contribution in [-0.4, -0.2) is 48.3 Å². The second kappa shape index (κ2) is 14.7. The Hall–Kier alpha value is -4.68. The number of nitro benzene ring substituents is 1. The Bertz CT molecular complexity index is 1590. The third-order valence-corrected chi connectivity index (χ3v) is 7.64. The topological polar surface area (TPSA) is 102 Å². The Morgan fingerprint density at radius 3 is 2.27 bits per heavy atom. The highest BCUT2D eigenvalue weighted by molar-refractivity contribution is 7.14. The van der Waals surface area contributed by atoms with Crippen molar-refractivity contribution in [2.45, 2.75) is 32.9 Å². The molecule has 0 aliphatic carbocycles. The van der Waals surface area contributed by atoms with Gasteiger partial charge in [-0.25, -0.2) is 18.4 Å². The summed E-state index contributed by atoms with van der Waals surface area (Å²) in [6, 6.07) is 18.8. The number of esters is 1. The average molecular weight is 624 g/mol. The van der Waals surface area contributed by atoms with Crippen LogP contribution < -0.4 is 4.90 Å². The van der Waals surface area contributed by atoms with E-state index in [2.05, 4.69) is 0 Å². The number of thiophene rings is 1. The maximum atomic E-state index is 14.4. The highest BCUT2D eigenvalue weighted by Crippen LogP contribution is 2.41. The summed E-state index contributed by atoms with van der Waals surface area (Å²) in [5, 5.41) is 12.8. The molecule has 1 amide bonds. The Labute approximate surface area is 257 Å². The fourth-order valence-corrected chi connectivity index (χ4v) is 5.66. The number of rotatable bonds is 12. The van der Waals surface area contributed by atoms with Gasteiger partial charge in [0, 0.05) is 36.0 Å². The number of carbonyl (C=O) groups excluding carboxylic acids is 2. The van der Waals surface area contributed by atoms with E-state index in [4.69, 9.17) is 9.47 Å². The van der Waals surface area contributed by atoms with E-state index < -0.39 is 34.7 Å². The van der Waals surface area contributed by atoms with Crippen LogP contribution in [-0.2, 0) is 22.4 Å². The van der Waals surface area contributed by atoms with Crippen molar-refractivity contribution in [1.82, 2.24) is 4.90 Å². The summed E-state index contributed by atoms with van der Waals surface area (Å²) in [5.74, 6) is -2.18. The molecule has 3 aromatic carbocycles. The third kappa shape index (κ3) is 7.82. The molecule has 1 atom stereocenters. The van der Waals surface area contributed by atoms with Gasteiger partial charge in [-0.1, -0.05) is 36.4 Å². The molecule has 4 rings (SSSR count). The molecule has 0 N–H and O–H groups in total. The lowest BCUT2D eigenvalue weighted by molar-refractivity contribution is -0.384. The molecule has 44 heavy (non-hydrogen) atoms. The molecule has 9 nitrogen and oxygen atoms in total. The molecule has 0 spiro atoms. The standard InChI is InChI=1S/C32H31F2N3O6S/c1-4-42-31(38)26-19-44-30(23-13-15-24(16-14-23)37(40)41)29(26)36(20-35(3)18-22-9-6-5-7-10-22)32(39)43-21(2)17-25-27(33)11-8-12-28(25)34/h5-16,19,21H,4,17-18,20H2,1-3H3. The predicted octanol–water partition coefficient (Wildman–Crippen LogP) is 7.44. The number of hydrogen-bond donors (Lipinski definition) is 0. The minimum atomic E-state index is -0.941. The van der Waals surface area contributed by atoms with Crippen LogP contribution in [0, 0.1) is 21.7 Å². The normalized spacial score (nSPS) is 11.7. The van der Waals surface area contributed by atoms with Gasteiger partial charge < -0.3 is 9.47 Å². The summed E-state index contributed by atoms with van der Waals surface area (Å²) < 4.78 is 39.7. The zero-order valence-electron chi connectivity index (χ0n) is 24.4.